The zero-order valence-corrected chi connectivity index (χ0v) is 37.3. The van der Waals surface area contributed by atoms with Crippen LogP contribution in [0.3, 0.4) is 0 Å². The van der Waals surface area contributed by atoms with Gasteiger partial charge < -0.3 is 0 Å². The summed E-state index contributed by atoms with van der Waals surface area (Å²) in [6.07, 6.45) is 0. The van der Waals surface area contributed by atoms with E-state index in [1.54, 1.807) is 0 Å². The molecule has 0 saturated heterocycles. The third-order valence-corrected chi connectivity index (χ3v) is 13.3. The lowest BCUT2D eigenvalue weighted by atomic mass is 9.85. The van der Waals surface area contributed by atoms with Crippen LogP contribution in [0.2, 0.25) is 0 Å². The summed E-state index contributed by atoms with van der Waals surface area (Å²) >= 11 is 0. The summed E-state index contributed by atoms with van der Waals surface area (Å²) < 4.78 is 0. The molecule has 0 saturated carbocycles. The number of rotatable bonds is 8. The van der Waals surface area contributed by atoms with Crippen molar-refractivity contribution >= 4 is 0 Å². The monoisotopic (exact) mass is 798 g/mol. The molecule has 0 atom stereocenters. The maximum atomic E-state index is 2.33. The fraction of sp³-hybridized carbons (Fsp3) is 0.129. The summed E-state index contributed by atoms with van der Waals surface area (Å²) in [5, 5.41) is 0. The van der Waals surface area contributed by atoms with Gasteiger partial charge >= 0.3 is 0 Å². The van der Waals surface area contributed by atoms with Gasteiger partial charge in [-0.25, -0.2) is 0 Å². The molecular weight excluding hydrogens is 745 g/mol. The Balaban J connectivity index is 1.04. The third-order valence-electron chi connectivity index (χ3n) is 13.3. The first kappa shape index (κ1) is 40.4. The molecule has 0 spiro atoms. The number of aryl methyl sites for hydroxylation is 8. The predicted octanol–water partition coefficient (Wildman–Crippen LogP) is 17.5. The van der Waals surface area contributed by atoms with Gasteiger partial charge in [-0.15, -0.1) is 0 Å². The highest BCUT2D eigenvalue weighted by molar-refractivity contribution is 5.97. The van der Waals surface area contributed by atoms with Gasteiger partial charge in [0.1, 0.15) is 0 Å². The van der Waals surface area contributed by atoms with Gasteiger partial charge in [0.25, 0.3) is 0 Å². The van der Waals surface area contributed by atoms with Crippen LogP contribution in [0.4, 0.5) is 0 Å². The molecule has 0 aliphatic rings. The second-order valence-corrected chi connectivity index (χ2v) is 17.4. The van der Waals surface area contributed by atoms with Gasteiger partial charge in [-0.05, 0) is 189 Å². The van der Waals surface area contributed by atoms with Crippen molar-refractivity contribution in [2.45, 2.75) is 55.4 Å². The highest BCUT2D eigenvalue weighted by Gasteiger charge is 2.18. The molecule has 9 aromatic rings. The molecule has 0 bridgehead atoms. The molecule has 0 unspecified atom stereocenters. The van der Waals surface area contributed by atoms with E-state index in [1.165, 1.54) is 134 Å². The highest BCUT2D eigenvalue weighted by Crippen LogP contribution is 2.43. The van der Waals surface area contributed by atoms with Gasteiger partial charge in [0.05, 0.1) is 0 Å². The van der Waals surface area contributed by atoms with E-state index in [-0.39, 0.29) is 0 Å². The van der Waals surface area contributed by atoms with E-state index in [4.69, 9.17) is 0 Å². The van der Waals surface area contributed by atoms with E-state index < -0.39 is 0 Å². The summed E-state index contributed by atoms with van der Waals surface area (Å²) in [4.78, 5) is 0. The summed E-state index contributed by atoms with van der Waals surface area (Å²) in [6.45, 7) is 17.6. The van der Waals surface area contributed by atoms with Crippen molar-refractivity contribution in [2.75, 3.05) is 0 Å². The molecule has 0 radical (unpaired) electrons. The van der Waals surface area contributed by atoms with Crippen molar-refractivity contribution in [3.63, 3.8) is 0 Å². The van der Waals surface area contributed by atoms with Gasteiger partial charge in [-0.1, -0.05) is 182 Å². The lowest BCUT2D eigenvalue weighted by Crippen LogP contribution is -1.93. The van der Waals surface area contributed by atoms with Crippen LogP contribution in [-0.2, 0) is 0 Å². The van der Waals surface area contributed by atoms with E-state index >= 15 is 0 Å². The third kappa shape index (κ3) is 7.86. The molecule has 62 heavy (non-hydrogen) atoms. The Morgan fingerprint density at radius 3 is 0.581 bits per heavy atom. The summed E-state index contributed by atoms with van der Waals surface area (Å²) in [5.74, 6) is 0. The summed E-state index contributed by atoms with van der Waals surface area (Å²) in [5.41, 5.74) is 30.2. The molecule has 0 heterocycles. The van der Waals surface area contributed by atoms with Crippen molar-refractivity contribution in [1.29, 1.82) is 0 Å². The normalized spacial score (nSPS) is 11.2. The quantitative estimate of drug-likeness (QED) is 0.144. The molecule has 0 fully saturated rings. The van der Waals surface area contributed by atoms with Crippen LogP contribution < -0.4 is 0 Å². The minimum Gasteiger partial charge on any atom is -0.0610 e. The van der Waals surface area contributed by atoms with Crippen LogP contribution >= 0.6 is 0 Å². The average molecular weight is 799 g/mol. The van der Waals surface area contributed by atoms with E-state index in [9.17, 15) is 0 Å². The second-order valence-electron chi connectivity index (χ2n) is 17.4. The lowest BCUT2D eigenvalue weighted by molar-refractivity contribution is 1.34. The predicted molar refractivity (Wildman–Crippen MR) is 268 cm³/mol. The Hall–Kier alpha value is -7.02. The number of benzene rings is 9. The smallest absolute Gasteiger partial charge is 0.00268 e. The van der Waals surface area contributed by atoms with E-state index in [0.717, 1.165) is 0 Å². The fourth-order valence-corrected chi connectivity index (χ4v) is 8.84. The zero-order valence-electron chi connectivity index (χ0n) is 37.3. The van der Waals surface area contributed by atoms with Crippen LogP contribution in [0.15, 0.2) is 182 Å². The van der Waals surface area contributed by atoms with Crippen LogP contribution in [0.1, 0.15) is 44.5 Å². The molecule has 9 aromatic carbocycles. The number of hydrogen-bond donors (Lipinski definition) is 0. The summed E-state index contributed by atoms with van der Waals surface area (Å²) in [6, 6.07) is 68.2. The molecule has 0 heteroatoms. The topological polar surface area (TPSA) is 0 Å². The van der Waals surface area contributed by atoms with Gasteiger partial charge in [0, 0.05) is 0 Å². The Labute approximate surface area is 369 Å². The van der Waals surface area contributed by atoms with Crippen LogP contribution in [0.25, 0.3) is 89.0 Å². The number of hydrogen-bond acceptors (Lipinski definition) is 0. The van der Waals surface area contributed by atoms with Crippen molar-refractivity contribution in [1.82, 2.24) is 0 Å². The van der Waals surface area contributed by atoms with Gasteiger partial charge in [-0.2, -0.15) is 0 Å². The Morgan fingerprint density at radius 2 is 0.371 bits per heavy atom. The molecule has 0 nitrogen and oxygen atoms in total. The standard InChI is InChI=1S/C62H54/c1-39-15-19-53(35-43(39)5)57-11-9-12-58(54-20-16-40(2)44(6)36-54)61(57)51-31-27-49(28-32-51)47-23-25-48(26-24-47)50-29-33-52(34-30-50)62-59(55-21-17-41(3)45(7)37-55)13-10-14-60(62)56-22-18-42(4)46(8)38-56/h9-38H,1-8H3. The first-order chi connectivity index (χ1) is 30.0. The molecule has 302 valence electrons. The average Bonchev–Trinajstić information content (AvgIpc) is 3.30. The fourth-order valence-electron chi connectivity index (χ4n) is 8.84. The van der Waals surface area contributed by atoms with Crippen molar-refractivity contribution < 1.29 is 0 Å². The maximum Gasteiger partial charge on any atom is -0.00268 e. The first-order valence-electron chi connectivity index (χ1n) is 21.9. The zero-order chi connectivity index (χ0) is 43.1. The second kappa shape index (κ2) is 16.8. The summed E-state index contributed by atoms with van der Waals surface area (Å²) in [7, 11) is 0. The SMILES string of the molecule is Cc1ccc(-c2cccc(-c3ccc(C)c(C)c3)c2-c2ccc(-c3ccc(-c4ccc(-c5c(-c6ccc(C)c(C)c6)cccc5-c5ccc(C)c(C)c5)cc4)cc3)cc2)cc1C. The molecule has 9 rings (SSSR count). The van der Waals surface area contributed by atoms with Crippen molar-refractivity contribution in [3.8, 4) is 89.0 Å². The first-order valence-corrected chi connectivity index (χ1v) is 21.9. The van der Waals surface area contributed by atoms with Gasteiger partial charge in [0.15, 0.2) is 0 Å². The van der Waals surface area contributed by atoms with E-state index in [1.807, 2.05) is 0 Å². The highest BCUT2D eigenvalue weighted by atomic mass is 14.2. The van der Waals surface area contributed by atoms with Crippen molar-refractivity contribution in [3.05, 3.63) is 226 Å². The Morgan fingerprint density at radius 1 is 0.177 bits per heavy atom. The van der Waals surface area contributed by atoms with Crippen molar-refractivity contribution in [2.24, 2.45) is 0 Å². The maximum absolute atomic E-state index is 2.33. The van der Waals surface area contributed by atoms with Crippen LogP contribution in [0, 0.1) is 55.4 Å². The van der Waals surface area contributed by atoms with Crippen LogP contribution in [0.5, 0.6) is 0 Å². The van der Waals surface area contributed by atoms with E-state index in [2.05, 4.69) is 237 Å². The lowest BCUT2D eigenvalue weighted by Gasteiger charge is -2.18. The molecule has 0 N–H and O–H groups in total. The Bertz CT molecular complexity index is 2750. The largest absolute Gasteiger partial charge is 0.0610 e. The molecule has 0 amide bonds. The van der Waals surface area contributed by atoms with E-state index in [0.29, 0.717) is 0 Å². The van der Waals surface area contributed by atoms with Crippen LogP contribution in [-0.4, -0.2) is 0 Å². The molecule has 0 aromatic heterocycles. The van der Waals surface area contributed by atoms with Gasteiger partial charge in [0.2, 0.25) is 0 Å². The molecule has 0 aliphatic carbocycles. The molecular formula is C62H54. The molecule has 0 aliphatic heterocycles. The minimum absolute atomic E-state index is 1.20. The Kier molecular flexibility index (Phi) is 10.9. The van der Waals surface area contributed by atoms with Gasteiger partial charge in [-0.3, -0.25) is 0 Å². The minimum atomic E-state index is 1.20.